The maximum atomic E-state index is 12.3. The maximum absolute atomic E-state index is 12.3. The van der Waals surface area contributed by atoms with Crippen LogP contribution >= 0.6 is 15.9 Å². The van der Waals surface area contributed by atoms with Crippen LogP contribution in [0.5, 0.6) is 0 Å². The lowest BCUT2D eigenvalue weighted by atomic mass is 10.2. The number of benzene rings is 1. The minimum atomic E-state index is -1.75. The second-order valence-corrected chi connectivity index (χ2v) is 7.12. The van der Waals surface area contributed by atoms with Gasteiger partial charge in [0, 0.05) is 22.8 Å². The Morgan fingerprint density at radius 1 is 1.50 bits per heavy atom. The molecule has 26 heavy (non-hydrogen) atoms. The molecule has 1 aliphatic rings. The molecule has 3 aromatic rings. The number of nitrogens with zero attached hydrogens (tertiary/aromatic N) is 2. The van der Waals surface area contributed by atoms with E-state index in [0.29, 0.717) is 28.9 Å². The third kappa shape index (κ3) is 3.06. The van der Waals surface area contributed by atoms with Gasteiger partial charge < -0.3 is 24.4 Å². The Morgan fingerprint density at radius 2 is 2.31 bits per heavy atom. The highest BCUT2D eigenvalue weighted by Gasteiger charge is 2.40. The van der Waals surface area contributed by atoms with Gasteiger partial charge in [0.25, 0.3) is 5.56 Å². The van der Waals surface area contributed by atoms with Crippen molar-refractivity contribution in [1.82, 2.24) is 14.9 Å². The van der Waals surface area contributed by atoms with E-state index in [-0.39, 0.29) is 25.1 Å². The van der Waals surface area contributed by atoms with Gasteiger partial charge in [-0.25, -0.2) is 9.78 Å². The smallest absolute Gasteiger partial charge is 0.450 e. The third-order valence-corrected chi connectivity index (χ3v) is 4.77. The highest BCUT2D eigenvalue weighted by molar-refractivity contribution is 9.10. The Kier molecular flexibility index (Phi) is 3.98. The molecule has 0 saturated carbocycles. The quantitative estimate of drug-likeness (QED) is 0.430. The monoisotopic (exact) mass is 423 g/mol. The molecule has 136 valence electrons. The van der Waals surface area contributed by atoms with Crippen molar-refractivity contribution in [2.24, 2.45) is 0 Å². The third-order valence-electron chi connectivity index (χ3n) is 4.27. The molecule has 0 spiro atoms. The van der Waals surface area contributed by atoms with Crippen molar-refractivity contribution in [3.63, 3.8) is 0 Å². The first kappa shape index (κ1) is 17.0. The lowest BCUT2D eigenvalue weighted by molar-refractivity contribution is -0.162. The van der Waals surface area contributed by atoms with Crippen molar-refractivity contribution < 1.29 is 24.2 Å². The van der Waals surface area contributed by atoms with Crippen molar-refractivity contribution >= 4 is 44.2 Å². The highest BCUT2D eigenvalue weighted by atomic mass is 79.9. The van der Waals surface area contributed by atoms with Gasteiger partial charge in [-0.05, 0) is 18.2 Å². The number of hydrogen-bond donors (Lipinski definition) is 3. The van der Waals surface area contributed by atoms with E-state index in [9.17, 15) is 14.7 Å². The topological polar surface area (TPSA) is 129 Å². The van der Waals surface area contributed by atoms with Crippen molar-refractivity contribution in [3.05, 3.63) is 38.9 Å². The van der Waals surface area contributed by atoms with Crippen molar-refractivity contribution in [2.45, 2.75) is 18.8 Å². The molecule has 9 nitrogen and oxygen atoms in total. The van der Waals surface area contributed by atoms with E-state index in [1.165, 1.54) is 0 Å². The van der Waals surface area contributed by atoms with Crippen LogP contribution in [0, 0.1) is 0 Å². The van der Waals surface area contributed by atoms with E-state index in [1.807, 2.05) is 12.1 Å². The fourth-order valence-electron chi connectivity index (χ4n) is 3.18. The number of aromatic nitrogens is 2. The van der Waals surface area contributed by atoms with Crippen LogP contribution in [0.15, 0.2) is 31.9 Å². The van der Waals surface area contributed by atoms with E-state index >= 15 is 0 Å². The number of rotatable bonds is 3. The fraction of sp³-hybridized carbons (Fsp3) is 0.312. The number of aliphatic hydroxyl groups is 1. The van der Waals surface area contributed by atoms with E-state index in [2.05, 4.69) is 30.6 Å². The molecule has 1 aliphatic heterocycles. The molecule has 1 atom stereocenters. The summed E-state index contributed by atoms with van der Waals surface area (Å²) in [5, 5.41) is 19.5. The number of carboxylic acid groups (broad SMARTS) is 1. The molecule has 10 heteroatoms. The Balaban J connectivity index is 1.65. The summed E-state index contributed by atoms with van der Waals surface area (Å²) in [5.41, 5.74) is 0.766. The van der Waals surface area contributed by atoms with Gasteiger partial charge in [-0.1, -0.05) is 15.9 Å². The zero-order valence-electron chi connectivity index (χ0n) is 13.4. The number of furan rings is 1. The number of nitrogens with one attached hydrogen (secondary N) is 1. The van der Waals surface area contributed by atoms with Crippen molar-refractivity contribution in [2.75, 3.05) is 13.1 Å². The standard InChI is InChI=1S/C16H14BrN3O6/c17-8-1-2-10-9(5-8)12-13(25-10)14(21)19-11(18-12)6-20-4-3-16(24,7-20)26-15(22)23/h1-2,5,24H,3-4,6-7H2,(H,22,23)(H,18,19,21). The van der Waals surface area contributed by atoms with Crippen LogP contribution in [0.4, 0.5) is 4.79 Å². The average Bonchev–Trinajstić information content (AvgIpc) is 3.08. The maximum Gasteiger partial charge on any atom is 0.508 e. The average molecular weight is 424 g/mol. The summed E-state index contributed by atoms with van der Waals surface area (Å²) in [5.74, 6) is -1.35. The first-order chi connectivity index (χ1) is 12.3. The molecule has 2 aromatic heterocycles. The summed E-state index contributed by atoms with van der Waals surface area (Å²) in [6.07, 6.45) is -1.38. The summed E-state index contributed by atoms with van der Waals surface area (Å²) in [6, 6.07) is 5.39. The van der Waals surface area contributed by atoms with Gasteiger partial charge in [-0.15, -0.1) is 0 Å². The normalized spacial score (nSPS) is 20.8. The SMILES string of the molecule is O=C(O)OC1(O)CCN(Cc2nc3c(oc4ccc(Br)cc43)c(=O)[nH]2)C1. The summed E-state index contributed by atoms with van der Waals surface area (Å²) in [7, 11) is 0. The fourth-order valence-corrected chi connectivity index (χ4v) is 3.54. The molecular formula is C16H14BrN3O6. The van der Waals surface area contributed by atoms with Gasteiger partial charge in [0.1, 0.15) is 16.9 Å². The largest absolute Gasteiger partial charge is 0.508 e. The second kappa shape index (κ2) is 6.08. The van der Waals surface area contributed by atoms with Crippen LogP contribution in [0.1, 0.15) is 12.2 Å². The minimum absolute atomic E-state index is 0.00126. The predicted octanol–water partition coefficient (Wildman–Crippen LogP) is 2.02. The number of halogens is 1. The molecule has 1 saturated heterocycles. The van der Waals surface area contributed by atoms with Crippen molar-refractivity contribution in [3.8, 4) is 0 Å². The Labute approximate surface area is 154 Å². The molecular weight excluding hydrogens is 410 g/mol. The van der Waals surface area contributed by atoms with Gasteiger partial charge in [-0.3, -0.25) is 9.69 Å². The number of H-pyrrole nitrogens is 1. The summed E-state index contributed by atoms with van der Waals surface area (Å²) in [6.45, 7) is 0.638. The van der Waals surface area contributed by atoms with Crippen molar-refractivity contribution in [1.29, 1.82) is 0 Å². The van der Waals surface area contributed by atoms with Crippen LogP contribution in [-0.4, -0.2) is 50.1 Å². The number of hydrogen-bond acceptors (Lipinski definition) is 7. The highest BCUT2D eigenvalue weighted by Crippen LogP contribution is 2.28. The van der Waals surface area contributed by atoms with Crippen LogP contribution in [0.25, 0.3) is 22.1 Å². The predicted molar refractivity (Wildman–Crippen MR) is 93.8 cm³/mol. The zero-order chi connectivity index (χ0) is 18.5. The number of carbonyl (C=O) groups is 1. The first-order valence-electron chi connectivity index (χ1n) is 7.81. The number of ether oxygens (including phenoxy) is 1. The molecule has 1 aromatic carbocycles. The summed E-state index contributed by atoms with van der Waals surface area (Å²) < 4.78 is 11.0. The van der Waals surface area contributed by atoms with Gasteiger partial charge >= 0.3 is 6.16 Å². The molecule has 3 N–H and O–H groups in total. The van der Waals surface area contributed by atoms with E-state index < -0.39 is 17.5 Å². The Bertz CT molecular complexity index is 1080. The van der Waals surface area contributed by atoms with Gasteiger partial charge in [0.15, 0.2) is 0 Å². The van der Waals surface area contributed by atoms with Crippen LogP contribution < -0.4 is 5.56 Å². The molecule has 0 amide bonds. The lowest BCUT2D eigenvalue weighted by Gasteiger charge is -2.21. The van der Waals surface area contributed by atoms with Crippen LogP contribution in [0.3, 0.4) is 0 Å². The molecule has 4 rings (SSSR count). The molecule has 1 fully saturated rings. The first-order valence-corrected chi connectivity index (χ1v) is 8.60. The Morgan fingerprint density at radius 3 is 3.08 bits per heavy atom. The molecule has 0 radical (unpaired) electrons. The molecule has 0 bridgehead atoms. The van der Waals surface area contributed by atoms with E-state index in [1.54, 1.807) is 11.0 Å². The molecule has 1 unspecified atom stereocenters. The van der Waals surface area contributed by atoms with Gasteiger partial charge in [0.05, 0.1) is 13.1 Å². The van der Waals surface area contributed by atoms with Gasteiger partial charge in [-0.2, -0.15) is 0 Å². The minimum Gasteiger partial charge on any atom is -0.450 e. The van der Waals surface area contributed by atoms with Crippen LogP contribution in [0.2, 0.25) is 0 Å². The molecule has 0 aliphatic carbocycles. The van der Waals surface area contributed by atoms with E-state index in [4.69, 9.17) is 9.52 Å². The number of aromatic amines is 1. The van der Waals surface area contributed by atoms with Crippen LogP contribution in [-0.2, 0) is 11.3 Å². The number of fused-ring (bicyclic) bond motifs is 3. The number of β-amino-alcohol motifs (C(OH)–C–C–N with tert-alkyl or cyclic N) is 1. The van der Waals surface area contributed by atoms with Gasteiger partial charge in [0.2, 0.25) is 11.4 Å². The number of likely N-dealkylation sites (tertiary alicyclic amines) is 1. The van der Waals surface area contributed by atoms with E-state index in [0.717, 1.165) is 4.47 Å². The summed E-state index contributed by atoms with van der Waals surface area (Å²) in [4.78, 5) is 31.9. The second-order valence-electron chi connectivity index (χ2n) is 6.21. The summed E-state index contributed by atoms with van der Waals surface area (Å²) >= 11 is 3.39. The lowest BCUT2D eigenvalue weighted by Crippen LogP contribution is -2.37. The molecule has 3 heterocycles. The Hall–Kier alpha value is -2.43. The zero-order valence-corrected chi connectivity index (χ0v) is 14.9.